The van der Waals surface area contributed by atoms with Crippen LogP contribution < -0.4 is 15.2 Å². The van der Waals surface area contributed by atoms with Gasteiger partial charge in [0.05, 0.1) is 7.11 Å². The van der Waals surface area contributed by atoms with Gasteiger partial charge < -0.3 is 14.5 Å². The maximum atomic E-state index is 15.2. The summed E-state index contributed by atoms with van der Waals surface area (Å²) in [6, 6.07) is 9.70. The minimum absolute atomic E-state index is 0.200. The van der Waals surface area contributed by atoms with Gasteiger partial charge in [0, 0.05) is 44.9 Å². The molecule has 4 rings (SSSR count). The minimum atomic E-state index is -0.507. The van der Waals surface area contributed by atoms with E-state index in [0.717, 1.165) is 4.68 Å². The van der Waals surface area contributed by atoms with E-state index in [-0.39, 0.29) is 28.7 Å². The van der Waals surface area contributed by atoms with Gasteiger partial charge in [0.2, 0.25) is 0 Å². The second-order valence-electron chi connectivity index (χ2n) is 7.05. The summed E-state index contributed by atoms with van der Waals surface area (Å²) in [6.45, 7) is 1.58. The number of rotatable bonds is 4. The van der Waals surface area contributed by atoms with Crippen molar-refractivity contribution in [2.24, 2.45) is 7.05 Å². The van der Waals surface area contributed by atoms with E-state index in [4.69, 9.17) is 4.74 Å². The summed E-state index contributed by atoms with van der Waals surface area (Å²) in [6.07, 6.45) is 1.34. The first-order valence-electron chi connectivity index (χ1n) is 9.71. The van der Waals surface area contributed by atoms with Crippen LogP contribution in [0.5, 0.6) is 5.75 Å². The van der Waals surface area contributed by atoms with Gasteiger partial charge in [0.15, 0.2) is 11.6 Å². The van der Waals surface area contributed by atoms with Gasteiger partial charge in [0.25, 0.3) is 11.5 Å². The number of carbonyl (C=O) groups is 1. The summed E-state index contributed by atoms with van der Waals surface area (Å²) in [5.41, 5.74) is 0.746. The average molecular weight is 424 g/mol. The van der Waals surface area contributed by atoms with Crippen LogP contribution in [-0.2, 0) is 7.05 Å². The molecule has 0 spiro atoms. The van der Waals surface area contributed by atoms with Gasteiger partial charge in [-0.2, -0.15) is 5.10 Å². The van der Waals surface area contributed by atoms with E-state index in [1.54, 1.807) is 41.2 Å². The second kappa shape index (κ2) is 8.50. The number of nitrogens with zero attached hydrogens (tertiary/aromatic N) is 6. The summed E-state index contributed by atoms with van der Waals surface area (Å²) in [4.78, 5) is 35.8. The van der Waals surface area contributed by atoms with Crippen LogP contribution in [0.2, 0.25) is 0 Å². The molecule has 0 atom stereocenters. The van der Waals surface area contributed by atoms with Crippen LogP contribution in [0.1, 0.15) is 10.5 Å². The fourth-order valence-electron chi connectivity index (χ4n) is 3.43. The number of aromatic nitrogens is 4. The predicted molar refractivity (Wildman–Crippen MR) is 112 cm³/mol. The van der Waals surface area contributed by atoms with Crippen LogP contribution in [0.15, 0.2) is 47.5 Å². The zero-order valence-electron chi connectivity index (χ0n) is 17.2. The Kier molecular flexibility index (Phi) is 5.61. The Morgan fingerprint density at radius 1 is 1.03 bits per heavy atom. The molecule has 2 aromatic heterocycles. The summed E-state index contributed by atoms with van der Waals surface area (Å²) in [5, 5.41) is 4.01. The van der Waals surface area contributed by atoms with Crippen molar-refractivity contribution >= 4 is 11.7 Å². The first-order chi connectivity index (χ1) is 15.0. The molecule has 0 unspecified atom stereocenters. The van der Waals surface area contributed by atoms with Crippen molar-refractivity contribution < 1.29 is 13.9 Å². The number of amides is 1. The number of piperazine rings is 1. The molecule has 3 aromatic rings. The summed E-state index contributed by atoms with van der Waals surface area (Å²) in [7, 11) is 3.06. The smallest absolute Gasteiger partial charge is 0.274 e. The van der Waals surface area contributed by atoms with Crippen LogP contribution in [-0.4, -0.2) is 63.8 Å². The maximum absolute atomic E-state index is 15.2. The summed E-state index contributed by atoms with van der Waals surface area (Å²) < 4.78 is 21.5. The van der Waals surface area contributed by atoms with E-state index in [9.17, 15) is 9.59 Å². The molecule has 1 amide bonds. The van der Waals surface area contributed by atoms with E-state index in [0.29, 0.717) is 37.5 Å². The van der Waals surface area contributed by atoms with E-state index in [1.807, 2.05) is 0 Å². The molecule has 3 heterocycles. The second-order valence-corrected chi connectivity index (χ2v) is 7.05. The molecule has 0 saturated carbocycles. The number of ether oxygens (including phenoxy) is 1. The highest BCUT2D eigenvalue weighted by Crippen LogP contribution is 2.28. The van der Waals surface area contributed by atoms with Crippen molar-refractivity contribution in [2.75, 3.05) is 38.2 Å². The van der Waals surface area contributed by atoms with Crippen molar-refractivity contribution in [3.8, 4) is 17.0 Å². The number of aryl methyl sites for hydroxylation is 1. The van der Waals surface area contributed by atoms with Crippen molar-refractivity contribution in [3.05, 3.63) is 64.6 Å². The Bertz CT molecular complexity index is 1160. The normalized spacial score (nSPS) is 13.9. The van der Waals surface area contributed by atoms with E-state index in [2.05, 4.69) is 15.1 Å². The van der Waals surface area contributed by atoms with Gasteiger partial charge in [-0.15, -0.1) is 0 Å². The largest absolute Gasteiger partial charge is 0.497 e. The SMILES string of the molecule is COc1ccc(-c2ncnc(N3CCN(C(=O)c4ccc(=O)n(C)n4)CC3)c2F)cc1. The Morgan fingerprint density at radius 3 is 2.39 bits per heavy atom. The highest BCUT2D eigenvalue weighted by molar-refractivity contribution is 5.92. The zero-order valence-corrected chi connectivity index (χ0v) is 17.2. The van der Waals surface area contributed by atoms with Crippen LogP contribution >= 0.6 is 0 Å². The van der Waals surface area contributed by atoms with E-state index >= 15 is 4.39 Å². The Morgan fingerprint density at radius 2 is 1.74 bits per heavy atom. The van der Waals surface area contributed by atoms with Gasteiger partial charge >= 0.3 is 0 Å². The average Bonchev–Trinajstić information content (AvgIpc) is 2.81. The fourth-order valence-corrected chi connectivity index (χ4v) is 3.43. The molecule has 0 bridgehead atoms. The van der Waals surface area contributed by atoms with Crippen molar-refractivity contribution in [1.29, 1.82) is 0 Å². The highest BCUT2D eigenvalue weighted by Gasteiger charge is 2.26. The number of hydrogen-bond donors (Lipinski definition) is 0. The number of methoxy groups -OCH3 is 1. The molecular formula is C21H21FN6O3. The van der Waals surface area contributed by atoms with Gasteiger partial charge in [0.1, 0.15) is 23.5 Å². The quantitative estimate of drug-likeness (QED) is 0.624. The van der Waals surface area contributed by atoms with Gasteiger partial charge in [-0.25, -0.2) is 19.0 Å². The van der Waals surface area contributed by atoms with Gasteiger partial charge in [-0.1, -0.05) is 0 Å². The first-order valence-corrected chi connectivity index (χ1v) is 9.71. The molecule has 31 heavy (non-hydrogen) atoms. The number of hydrogen-bond acceptors (Lipinski definition) is 7. The van der Waals surface area contributed by atoms with Crippen LogP contribution in [0.25, 0.3) is 11.3 Å². The van der Waals surface area contributed by atoms with Crippen molar-refractivity contribution in [3.63, 3.8) is 0 Å². The Balaban J connectivity index is 1.49. The van der Waals surface area contributed by atoms with Crippen LogP contribution in [0, 0.1) is 5.82 Å². The zero-order chi connectivity index (χ0) is 22.0. The maximum Gasteiger partial charge on any atom is 0.274 e. The van der Waals surface area contributed by atoms with Gasteiger partial charge in [-0.05, 0) is 30.3 Å². The lowest BCUT2D eigenvalue weighted by Crippen LogP contribution is -2.49. The Hall–Kier alpha value is -3.82. The van der Waals surface area contributed by atoms with E-state index < -0.39 is 5.82 Å². The van der Waals surface area contributed by atoms with Gasteiger partial charge in [-0.3, -0.25) is 9.59 Å². The lowest BCUT2D eigenvalue weighted by Gasteiger charge is -2.35. The van der Waals surface area contributed by atoms with Crippen molar-refractivity contribution in [2.45, 2.75) is 0 Å². The molecule has 1 fully saturated rings. The van der Waals surface area contributed by atoms with Crippen LogP contribution in [0.4, 0.5) is 10.2 Å². The topological polar surface area (TPSA) is 93.5 Å². The molecule has 9 nitrogen and oxygen atoms in total. The summed E-state index contributed by atoms with van der Waals surface area (Å²) in [5.74, 6) is 0.102. The minimum Gasteiger partial charge on any atom is -0.497 e. The third-order valence-electron chi connectivity index (χ3n) is 5.18. The molecule has 0 N–H and O–H groups in total. The van der Waals surface area contributed by atoms with E-state index in [1.165, 1.54) is 25.5 Å². The molecule has 1 aliphatic rings. The van der Waals surface area contributed by atoms with Crippen molar-refractivity contribution in [1.82, 2.24) is 24.6 Å². The molecule has 1 saturated heterocycles. The number of anilines is 1. The number of halogens is 1. The predicted octanol–water partition coefficient (Wildman–Crippen LogP) is 1.35. The number of benzene rings is 1. The first kappa shape index (κ1) is 20.5. The lowest BCUT2D eigenvalue weighted by atomic mass is 10.1. The third kappa shape index (κ3) is 4.09. The fraction of sp³-hybridized carbons (Fsp3) is 0.286. The monoisotopic (exact) mass is 424 g/mol. The molecule has 1 aliphatic heterocycles. The molecule has 160 valence electrons. The summed E-state index contributed by atoms with van der Waals surface area (Å²) >= 11 is 0. The molecule has 0 radical (unpaired) electrons. The third-order valence-corrected chi connectivity index (χ3v) is 5.18. The number of carbonyl (C=O) groups excluding carboxylic acids is 1. The van der Waals surface area contributed by atoms with Crippen LogP contribution in [0.3, 0.4) is 0 Å². The molecular weight excluding hydrogens is 403 g/mol. The lowest BCUT2D eigenvalue weighted by molar-refractivity contribution is 0.0737. The molecule has 10 heteroatoms. The Labute approximate surface area is 177 Å². The highest BCUT2D eigenvalue weighted by atomic mass is 19.1. The molecule has 0 aliphatic carbocycles. The molecule has 1 aromatic carbocycles. The standard InChI is InChI=1S/C21H21FN6O3/c1-26-17(29)8-7-16(25-26)21(30)28-11-9-27(10-12-28)20-18(22)19(23-13-24-20)14-3-5-15(31-2)6-4-14/h3-8,13H,9-12H2,1-2H3.